The second-order valence-electron chi connectivity index (χ2n) is 8.78. The maximum Gasteiger partial charge on any atom is 0.119 e. The van der Waals surface area contributed by atoms with E-state index in [0.717, 1.165) is 51.9 Å². The Bertz CT molecular complexity index is 799. The summed E-state index contributed by atoms with van der Waals surface area (Å²) in [5, 5.41) is 3.58. The molecule has 1 N–H and O–H groups in total. The quantitative estimate of drug-likeness (QED) is 0.432. The maximum absolute atomic E-state index is 10.8. The minimum Gasteiger partial charge on any atom is -0.313 e. The van der Waals surface area contributed by atoms with E-state index in [4.69, 9.17) is 0 Å². The lowest BCUT2D eigenvalue weighted by Crippen LogP contribution is -2.39. The van der Waals surface area contributed by atoms with Crippen LogP contribution < -0.4 is 5.32 Å². The average Bonchev–Trinajstić information content (AvgIpc) is 3.00. The Hall–Kier alpha value is -1.39. The van der Waals surface area contributed by atoms with Crippen molar-refractivity contribution in [1.82, 2.24) is 10.2 Å². The fourth-order valence-corrected chi connectivity index (χ4v) is 5.15. The molecule has 5 heteroatoms. The van der Waals surface area contributed by atoms with Crippen molar-refractivity contribution in [3.63, 3.8) is 0 Å². The summed E-state index contributed by atoms with van der Waals surface area (Å²) in [6.45, 7) is 5.42. The zero-order valence-corrected chi connectivity index (χ0v) is 19.9. The summed E-state index contributed by atoms with van der Waals surface area (Å²) >= 11 is 0. The third kappa shape index (κ3) is 7.05. The van der Waals surface area contributed by atoms with Crippen molar-refractivity contribution in [2.45, 2.75) is 57.5 Å². The molecule has 2 aliphatic rings. The van der Waals surface area contributed by atoms with E-state index in [-0.39, 0.29) is 24.8 Å². The zero-order chi connectivity index (χ0) is 19.9. The summed E-state index contributed by atoms with van der Waals surface area (Å²) in [5.74, 6) is 1.24. The van der Waals surface area contributed by atoms with Crippen molar-refractivity contribution < 1.29 is 4.79 Å². The molecule has 1 fully saturated rings. The van der Waals surface area contributed by atoms with Crippen LogP contribution in [-0.4, -0.2) is 30.8 Å². The molecular formula is C26H36Cl2N2O. The highest BCUT2D eigenvalue weighted by molar-refractivity contribution is 5.85. The lowest BCUT2D eigenvalue weighted by molar-refractivity contribution is -0.108. The number of carbonyl (C=O) groups is 1. The number of piperidine rings is 1. The largest absolute Gasteiger partial charge is 0.313 e. The number of fused-ring (bicyclic) bond motifs is 1. The topological polar surface area (TPSA) is 32.3 Å². The first-order valence-corrected chi connectivity index (χ1v) is 11.4. The molecule has 2 aromatic rings. The molecule has 2 aliphatic heterocycles. The molecule has 0 aromatic heterocycles. The van der Waals surface area contributed by atoms with Gasteiger partial charge >= 0.3 is 0 Å². The fourth-order valence-electron chi connectivity index (χ4n) is 5.15. The van der Waals surface area contributed by atoms with Gasteiger partial charge in [-0.25, -0.2) is 0 Å². The minimum absolute atomic E-state index is 0. The maximum atomic E-state index is 10.8. The average molecular weight is 463 g/mol. The molecule has 0 spiro atoms. The summed E-state index contributed by atoms with van der Waals surface area (Å²) < 4.78 is 0. The van der Waals surface area contributed by atoms with Gasteiger partial charge in [0.1, 0.15) is 6.29 Å². The highest BCUT2D eigenvalue weighted by Gasteiger charge is 2.30. The number of carbonyl (C=O) groups excluding carboxylic acids is 1. The predicted molar refractivity (Wildman–Crippen MR) is 133 cm³/mol. The van der Waals surface area contributed by atoms with Gasteiger partial charge in [-0.2, -0.15) is 0 Å². The van der Waals surface area contributed by atoms with Gasteiger partial charge in [-0.3, -0.25) is 4.90 Å². The molecule has 3 nitrogen and oxygen atoms in total. The highest BCUT2D eigenvalue weighted by Crippen LogP contribution is 2.37. The molecule has 0 amide bonds. The van der Waals surface area contributed by atoms with Crippen molar-refractivity contribution >= 4 is 31.1 Å². The molecule has 2 heterocycles. The Kier molecular flexibility index (Phi) is 11.0. The number of nitrogens with zero attached hydrogens (tertiary/aromatic N) is 1. The van der Waals surface area contributed by atoms with E-state index in [0.29, 0.717) is 18.3 Å². The van der Waals surface area contributed by atoms with E-state index < -0.39 is 0 Å². The van der Waals surface area contributed by atoms with Crippen molar-refractivity contribution in [2.75, 3.05) is 19.6 Å². The fraction of sp³-hybridized carbons (Fsp3) is 0.500. The summed E-state index contributed by atoms with van der Waals surface area (Å²) in [6.07, 6.45) is 7.61. The number of rotatable bonds is 7. The normalized spacial score (nSPS) is 21.2. The van der Waals surface area contributed by atoms with Crippen LogP contribution in [-0.2, 0) is 24.3 Å². The van der Waals surface area contributed by atoms with Gasteiger partial charge in [-0.05, 0) is 79.3 Å². The number of halogens is 2. The van der Waals surface area contributed by atoms with Crippen molar-refractivity contribution in [1.29, 1.82) is 0 Å². The van der Waals surface area contributed by atoms with Gasteiger partial charge < -0.3 is 10.1 Å². The number of hydrogen-bond acceptors (Lipinski definition) is 3. The lowest BCUT2D eigenvalue weighted by atomic mass is 9.77. The third-order valence-electron chi connectivity index (χ3n) is 6.76. The van der Waals surface area contributed by atoms with Crippen LogP contribution in [0.4, 0.5) is 0 Å². The third-order valence-corrected chi connectivity index (χ3v) is 6.76. The van der Waals surface area contributed by atoms with Crippen LogP contribution in [0.15, 0.2) is 48.5 Å². The van der Waals surface area contributed by atoms with Crippen LogP contribution in [0.3, 0.4) is 0 Å². The molecule has 0 radical (unpaired) electrons. The SMILES string of the molecule is Cl.Cl.O=CCCCC1CCN(Cc2ccccc2)CC1c1ccc2c(c1)CNCCC2. The van der Waals surface area contributed by atoms with E-state index in [1.54, 1.807) is 0 Å². The Morgan fingerprint density at radius 1 is 1.06 bits per heavy atom. The Morgan fingerprint density at radius 2 is 1.90 bits per heavy atom. The van der Waals surface area contributed by atoms with Gasteiger partial charge in [0.05, 0.1) is 0 Å². The molecule has 2 unspecified atom stereocenters. The zero-order valence-electron chi connectivity index (χ0n) is 18.3. The summed E-state index contributed by atoms with van der Waals surface area (Å²) in [6, 6.07) is 18.1. The van der Waals surface area contributed by atoms with Gasteiger partial charge in [0.15, 0.2) is 0 Å². The highest BCUT2D eigenvalue weighted by atomic mass is 35.5. The number of aryl methyl sites for hydroxylation is 1. The standard InChI is InChI=1S/C26H34N2O.2ClH/c29-16-5-4-9-23-13-15-28(19-21-7-2-1-3-8-21)20-26(23)24-12-11-22-10-6-14-27-18-25(22)17-24;;/h1-3,7-8,11-12,16-17,23,26-27H,4-6,9-10,13-15,18-20H2;2*1H. The Labute approximate surface area is 199 Å². The van der Waals surface area contributed by atoms with E-state index in [9.17, 15) is 4.79 Å². The van der Waals surface area contributed by atoms with Gasteiger partial charge in [0.25, 0.3) is 0 Å². The van der Waals surface area contributed by atoms with Crippen molar-refractivity contribution in [2.24, 2.45) is 5.92 Å². The van der Waals surface area contributed by atoms with Gasteiger partial charge in [-0.15, -0.1) is 24.8 Å². The first kappa shape index (κ1) is 25.9. The molecule has 0 bridgehead atoms. The number of hydrogen-bond donors (Lipinski definition) is 1. The number of nitrogens with one attached hydrogen (secondary N) is 1. The smallest absolute Gasteiger partial charge is 0.119 e. The van der Waals surface area contributed by atoms with Crippen molar-refractivity contribution in [3.8, 4) is 0 Å². The van der Waals surface area contributed by atoms with Crippen LogP contribution in [0.1, 0.15) is 60.3 Å². The van der Waals surface area contributed by atoms with Crippen LogP contribution >= 0.6 is 24.8 Å². The van der Waals surface area contributed by atoms with Crippen LogP contribution in [0, 0.1) is 5.92 Å². The van der Waals surface area contributed by atoms with E-state index in [1.165, 1.54) is 41.5 Å². The summed E-state index contributed by atoms with van der Waals surface area (Å²) in [7, 11) is 0. The molecule has 0 aliphatic carbocycles. The lowest BCUT2D eigenvalue weighted by Gasteiger charge is -2.39. The predicted octanol–water partition coefficient (Wildman–Crippen LogP) is 5.54. The summed E-state index contributed by atoms with van der Waals surface area (Å²) in [5.41, 5.74) is 5.91. The number of benzene rings is 2. The Balaban J connectivity index is 0.00000171. The molecule has 2 atom stereocenters. The first-order chi connectivity index (χ1) is 14.3. The van der Waals surface area contributed by atoms with Crippen LogP contribution in [0.2, 0.25) is 0 Å². The number of aldehydes is 1. The molecule has 170 valence electrons. The molecule has 0 saturated carbocycles. The molecule has 2 aromatic carbocycles. The monoisotopic (exact) mass is 462 g/mol. The van der Waals surface area contributed by atoms with Gasteiger partial charge in [0, 0.05) is 26.1 Å². The van der Waals surface area contributed by atoms with Crippen LogP contribution in [0.25, 0.3) is 0 Å². The summed E-state index contributed by atoms with van der Waals surface area (Å²) in [4.78, 5) is 13.5. The second kappa shape index (κ2) is 13.2. The van der Waals surface area contributed by atoms with E-state index in [1.807, 2.05) is 0 Å². The molecule has 4 rings (SSSR count). The number of unbranched alkanes of at least 4 members (excludes halogenated alkanes) is 1. The molecular weight excluding hydrogens is 427 g/mol. The Morgan fingerprint density at radius 3 is 2.71 bits per heavy atom. The minimum atomic E-state index is 0. The number of likely N-dealkylation sites (tertiary alicyclic amines) is 1. The van der Waals surface area contributed by atoms with Gasteiger partial charge in [-0.1, -0.05) is 48.5 Å². The molecule has 31 heavy (non-hydrogen) atoms. The van der Waals surface area contributed by atoms with E-state index >= 15 is 0 Å². The van der Waals surface area contributed by atoms with Crippen LogP contribution in [0.5, 0.6) is 0 Å². The molecule has 1 saturated heterocycles. The van der Waals surface area contributed by atoms with E-state index in [2.05, 4.69) is 58.7 Å². The van der Waals surface area contributed by atoms with Crippen molar-refractivity contribution in [3.05, 3.63) is 70.8 Å². The second-order valence-corrected chi connectivity index (χ2v) is 8.78. The van der Waals surface area contributed by atoms with Gasteiger partial charge in [0.2, 0.25) is 0 Å². The first-order valence-electron chi connectivity index (χ1n) is 11.4.